The van der Waals surface area contributed by atoms with Crippen molar-refractivity contribution in [2.45, 2.75) is 23.6 Å². The molecule has 29 heavy (non-hydrogen) atoms. The van der Waals surface area contributed by atoms with Crippen LogP contribution < -0.4 is 5.73 Å². The summed E-state index contributed by atoms with van der Waals surface area (Å²) >= 11 is 1.37. The summed E-state index contributed by atoms with van der Waals surface area (Å²) in [5, 5.41) is 28.9. The van der Waals surface area contributed by atoms with E-state index in [1.807, 2.05) is 24.3 Å². The molecule has 144 valence electrons. The number of thioether (sulfide) groups is 1. The third kappa shape index (κ3) is 4.69. The summed E-state index contributed by atoms with van der Waals surface area (Å²) in [4.78, 5) is 12.8. The van der Waals surface area contributed by atoms with Crippen LogP contribution in [0.4, 0.5) is 5.82 Å². The lowest BCUT2D eigenvalue weighted by molar-refractivity contribution is 0.288. The molecule has 0 bridgehead atoms. The van der Waals surface area contributed by atoms with Crippen LogP contribution >= 0.6 is 11.8 Å². The molecule has 0 aromatic carbocycles. The Labute approximate surface area is 172 Å². The van der Waals surface area contributed by atoms with Crippen molar-refractivity contribution in [1.82, 2.24) is 15.0 Å². The van der Waals surface area contributed by atoms with Gasteiger partial charge in [-0.15, -0.1) is 11.8 Å². The average Bonchev–Trinajstić information content (AvgIpc) is 2.76. The number of aryl methyl sites for hydroxylation is 1. The zero-order chi connectivity index (χ0) is 20.6. The van der Waals surface area contributed by atoms with Gasteiger partial charge in [-0.1, -0.05) is 12.1 Å². The number of hydrogen-bond donors (Lipinski definition) is 2. The standard InChI is InChI=1S/C21H18N6OS/c22-9-17-19(15-5-6-16(26-12-15)4-2-8-28)18(10-23)21(27-20(17)24)29-13-14-3-1-7-25-11-14/h1,3,5-7,11-12,28H,2,4,8,13H2,(H2,24,27). The lowest BCUT2D eigenvalue weighted by Gasteiger charge is -2.13. The van der Waals surface area contributed by atoms with Crippen LogP contribution in [-0.2, 0) is 12.2 Å². The summed E-state index contributed by atoms with van der Waals surface area (Å²) in [5.41, 5.74) is 9.39. The SMILES string of the molecule is N#Cc1c(N)nc(SCc2cccnc2)c(C#N)c1-c1ccc(CCCO)nc1. The summed E-state index contributed by atoms with van der Waals surface area (Å²) < 4.78 is 0. The van der Waals surface area contributed by atoms with Gasteiger partial charge in [0.2, 0.25) is 0 Å². The normalized spacial score (nSPS) is 10.3. The van der Waals surface area contributed by atoms with Crippen molar-refractivity contribution < 1.29 is 5.11 Å². The molecule has 7 nitrogen and oxygen atoms in total. The molecule has 3 rings (SSSR count). The molecular formula is C21H18N6OS. The first kappa shape index (κ1) is 20.3. The molecule has 3 aromatic rings. The number of hydrogen-bond acceptors (Lipinski definition) is 8. The first-order chi connectivity index (χ1) is 14.2. The Morgan fingerprint density at radius 3 is 2.55 bits per heavy atom. The van der Waals surface area contributed by atoms with E-state index in [4.69, 9.17) is 10.8 Å². The van der Waals surface area contributed by atoms with Gasteiger partial charge in [0.25, 0.3) is 0 Å². The van der Waals surface area contributed by atoms with Gasteiger partial charge in [0.1, 0.15) is 28.5 Å². The third-order valence-electron chi connectivity index (χ3n) is 4.22. The van der Waals surface area contributed by atoms with E-state index in [0.717, 1.165) is 11.3 Å². The predicted molar refractivity (Wildman–Crippen MR) is 111 cm³/mol. The Kier molecular flexibility index (Phi) is 6.75. The Bertz CT molecular complexity index is 1070. The van der Waals surface area contributed by atoms with Crippen molar-refractivity contribution in [3.05, 3.63) is 65.2 Å². The van der Waals surface area contributed by atoms with Crippen LogP contribution in [-0.4, -0.2) is 26.7 Å². The lowest BCUT2D eigenvalue weighted by atomic mass is 9.98. The minimum Gasteiger partial charge on any atom is -0.396 e. The molecule has 0 unspecified atom stereocenters. The molecule has 0 fully saturated rings. The number of nitrogens with zero attached hydrogens (tertiary/aromatic N) is 5. The molecule has 0 aliphatic carbocycles. The molecule has 0 aliphatic heterocycles. The van der Waals surface area contributed by atoms with Gasteiger partial charge < -0.3 is 10.8 Å². The van der Waals surface area contributed by atoms with E-state index in [0.29, 0.717) is 40.3 Å². The van der Waals surface area contributed by atoms with Gasteiger partial charge in [0, 0.05) is 47.8 Å². The summed E-state index contributed by atoms with van der Waals surface area (Å²) in [5.74, 6) is 0.651. The van der Waals surface area contributed by atoms with Crippen molar-refractivity contribution in [3.8, 4) is 23.3 Å². The topological polar surface area (TPSA) is 132 Å². The number of aromatic nitrogens is 3. The molecule has 3 aromatic heterocycles. The van der Waals surface area contributed by atoms with Crippen LogP contribution in [0.3, 0.4) is 0 Å². The van der Waals surface area contributed by atoms with E-state index < -0.39 is 0 Å². The van der Waals surface area contributed by atoms with Crippen molar-refractivity contribution in [1.29, 1.82) is 10.5 Å². The zero-order valence-corrected chi connectivity index (χ0v) is 16.4. The second-order valence-electron chi connectivity index (χ2n) is 6.17. The molecule has 0 aliphatic rings. The van der Waals surface area contributed by atoms with Gasteiger partial charge in [-0.2, -0.15) is 10.5 Å². The number of nitrogens with two attached hydrogens (primary N) is 1. The highest BCUT2D eigenvalue weighted by Crippen LogP contribution is 2.36. The predicted octanol–water partition coefficient (Wildman–Crippen LogP) is 3.08. The first-order valence-corrected chi connectivity index (χ1v) is 9.88. The third-order valence-corrected chi connectivity index (χ3v) is 5.26. The Balaban J connectivity index is 2.02. The molecule has 0 amide bonds. The second-order valence-corrected chi connectivity index (χ2v) is 7.13. The molecule has 0 radical (unpaired) electrons. The Morgan fingerprint density at radius 1 is 1.10 bits per heavy atom. The summed E-state index contributed by atoms with van der Waals surface area (Å²) in [6.45, 7) is 0.0962. The van der Waals surface area contributed by atoms with E-state index in [1.165, 1.54) is 11.8 Å². The molecule has 0 saturated heterocycles. The number of anilines is 1. The van der Waals surface area contributed by atoms with Crippen molar-refractivity contribution in [2.24, 2.45) is 0 Å². The van der Waals surface area contributed by atoms with Gasteiger partial charge >= 0.3 is 0 Å². The molecule has 0 spiro atoms. The van der Waals surface area contributed by atoms with Crippen LogP contribution in [0.25, 0.3) is 11.1 Å². The highest BCUT2D eigenvalue weighted by atomic mass is 32.2. The monoisotopic (exact) mass is 402 g/mol. The van der Waals surface area contributed by atoms with Crippen molar-refractivity contribution in [3.63, 3.8) is 0 Å². The summed E-state index contributed by atoms with van der Waals surface area (Å²) in [7, 11) is 0. The van der Waals surface area contributed by atoms with Gasteiger partial charge in [0.15, 0.2) is 0 Å². The van der Waals surface area contributed by atoms with E-state index in [1.54, 1.807) is 18.6 Å². The van der Waals surface area contributed by atoms with Crippen LogP contribution in [0, 0.1) is 22.7 Å². The maximum Gasteiger partial charge on any atom is 0.143 e. The van der Waals surface area contributed by atoms with Gasteiger partial charge in [0.05, 0.1) is 5.56 Å². The van der Waals surface area contributed by atoms with E-state index >= 15 is 0 Å². The van der Waals surface area contributed by atoms with Gasteiger partial charge in [-0.05, 0) is 30.5 Å². The average molecular weight is 402 g/mol. The largest absolute Gasteiger partial charge is 0.396 e. The summed E-state index contributed by atoms with van der Waals surface area (Å²) in [6, 6.07) is 11.7. The number of nitrogen functional groups attached to an aromatic ring is 1. The summed E-state index contributed by atoms with van der Waals surface area (Å²) in [6.07, 6.45) is 6.34. The smallest absolute Gasteiger partial charge is 0.143 e. The number of pyridine rings is 3. The highest BCUT2D eigenvalue weighted by Gasteiger charge is 2.20. The van der Waals surface area contributed by atoms with Crippen LogP contribution in [0.1, 0.15) is 28.8 Å². The Hall–Kier alpha value is -3.46. The molecule has 0 atom stereocenters. The van der Waals surface area contributed by atoms with E-state index in [9.17, 15) is 10.5 Å². The fourth-order valence-corrected chi connectivity index (χ4v) is 3.74. The molecule has 0 saturated carbocycles. The van der Waals surface area contributed by atoms with Gasteiger partial charge in [-0.3, -0.25) is 9.97 Å². The number of nitriles is 2. The quantitative estimate of drug-likeness (QED) is 0.576. The van der Waals surface area contributed by atoms with Crippen molar-refractivity contribution >= 4 is 17.6 Å². The fraction of sp³-hybridized carbons (Fsp3) is 0.190. The lowest BCUT2D eigenvalue weighted by Crippen LogP contribution is -2.04. The molecule has 8 heteroatoms. The number of rotatable bonds is 7. The second kappa shape index (κ2) is 9.65. The molecule has 3 heterocycles. The first-order valence-electron chi connectivity index (χ1n) is 8.89. The van der Waals surface area contributed by atoms with Crippen molar-refractivity contribution in [2.75, 3.05) is 12.3 Å². The minimum atomic E-state index is 0.0829. The van der Waals surface area contributed by atoms with Crippen LogP contribution in [0.2, 0.25) is 0 Å². The maximum absolute atomic E-state index is 9.83. The van der Waals surface area contributed by atoms with Crippen LogP contribution in [0.15, 0.2) is 47.9 Å². The highest BCUT2D eigenvalue weighted by molar-refractivity contribution is 7.98. The van der Waals surface area contributed by atoms with Crippen LogP contribution in [0.5, 0.6) is 0 Å². The minimum absolute atomic E-state index is 0.0829. The molecular weight excluding hydrogens is 384 g/mol. The maximum atomic E-state index is 9.83. The number of aliphatic hydroxyl groups excluding tert-OH is 1. The Morgan fingerprint density at radius 2 is 1.93 bits per heavy atom. The van der Waals surface area contributed by atoms with E-state index in [-0.39, 0.29) is 18.0 Å². The fourth-order valence-electron chi connectivity index (χ4n) is 2.81. The zero-order valence-electron chi connectivity index (χ0n) is 15.5. The molecule has 3 N–H and O–H groups in total. The number of aliphatic hydroxyl groups is 1. The van der Waals surface area contributed by atoms with Gasteiger partial charge in [-0.25, -0.2) is 4.98 Å². The van der Waals surface area contributed by atoms with E-state index in [2.05, 4.69) is 27.1 Å².